The number of amides is 1. The molecule has 1 amide bonds. The summed E-state index contributed by atoms with van der Waals surface area (Å²) in [5.41, 5.74) is 4.63. The number of fused-ring (bicyclic) bond motifs is 1. The van der Waals surface area contributed by atoms with Gasteiger partial charge >= 0.3 is 0 Å². The Morgan fingerprint density at radius 3 is 2.54 bits per heavy atom. The molecule has 0 atom stereocenters. The molecule has 0 aliphatic carbocycles. The second-order valence-corrected chi connectivity index (χ2v) is 7.46. The van der Waals surface area contributed by atoms with Crippen molar-refractivity contribution in [3.05, 3.63) is 65.2 Å². The minimum absolute atomic E-state index is 0. The Bertz CT molecular complexity index is 777. The number of rotatable bonds is 4. The standard InChI is InChI=1S/C22H27N3O.2ClH/c1-24(22(26)19-7-8-21-18(15-19)9-12-23-21)20-10-13-25(14-11-20)16-17-5-3-2-4-6-17;;/h2-8,15,20,23H,9-14,16H2,1H3;2*1H. The molecule has 0 spiro atoms. The van der Waals surface area contributed by atoms with Gasteiger partial charge in [-0.15, -0.1) is 24.8 Å². The second kappa shape index (κ2) is 10.1. The summed E-state index contributed by atoms with van der Waals surface area (Å²) in [7, 11) is 1.96. The summed E-state index contributed by atoms with van der Waals surface area (Å²) in [5, 5.41) is 3.35. The quantitative estimate of drug-likeness (QED) is 0.801. The van der Waals surface area contributed by atoms with Crippen LogP contribution in [0.1, 0.15) is 34.3 Å². The third-order valence-electron chi connectivity index (χ3n) is 5.74. The Hall–Kier alpha value is -1.75. The Balaban J connectivity index is 0.00000140. The Labute approximate surface area is 180 Å². The SMILES string of the molecule is CN(C(=O)c1ccc2c(c1)CCN2)C1CCN(Cc2ccccc2)CC1.Cl.Cl. The zero-order valence-electron chi connectivity index (χ0n) is 16.3. The number of hydrogen-bond acceptors (Lipinski definition) is 3. The Kier molecular flexibility index (Phi) is 8.17. The lowest BCUT2D eigenvalue weighted by atomic mass is 10.0. The van der Waals surface area contributed by atoms with E-state index in [-0.39, 0.29) is 30.7 Å². The van der Waals surface area contributed by atoms with Crippen LogP contribution in [0.2, 0.25) is 0 Å². The molecular formula is C22H29Cl2N3O. The maximum atomic E-state index is 12.9. The van der Waals surface area contributed by atoms with Crippen LogP contribution >= 0.6 is 24.8 Å². The molecule has 6 heteroatoms. The van der Waals surface area contributed by atoms with E-state index < -0.39 is 0 Å². The predicted molar refractivity (Wildman–Crippen MR) is 120 cm³/mol. The number of nitrogens with zero attached hydrogens (tertiary/aromatic N) is 2. The molecular weight excluding hydrogens is 393 g/mol. The van der Waals surface area contributed by atoms with Crippen LogP contribution in [0.25, 0.3) is 0 Å². The molecule has 4 rings (SSSR count). The van der Waals surface area contributed by atoms with Gasteiger partial charge < -0.3 is 10.2 Å². The van der Waals surface area contributed by atoms with Gasteiger partial charge in [-0.05, 0) is 48.6 Å². The zero-order valence-corrected chi connectivity index (χ0v) is 17.9. The van der Waals surface area contributed by atoms with Crippen molar-refractivity contribution in [3.63, 3.8) is 0 Å². The van der Waals surface area contributed by atoms with Crippen LogP contribution in [0.4, 0.5) is 5.69 Å². The minimum atomic E-state index is 0. The molecule has 152 valence electrons. The lowest BCUT2D eigenvalue weighted by molar-refractivity contribution is 0.0636. The third kappa shape index (κ3) is 4.99. The number of carbonyl (C=O) groups excluding carboxylic acids is 1. The number of carbonyl (C=O) groups is 1. The van der Waals surface area contributed by atoms with Crippen molar-refractivity contribution >= 4 is 36.4 Å². The molecule has 0 aromatic heterocycles. The minimum Gasteiger partial charge on any atom is -0.384 e. The van der Waals surface area contributed by atoms with Gasteiger partial charge in [-0.25, -0.2) is 0 Å². The molecule has 2 aromatic rings. The van der Waals surface area contributed by atoms with E-state index in [2.05, 4.69) is 46.6 Å². The van der Waals surface area contributed by atoms with Crippen LogP contribution in [-0.4, -0.2) is 48.4 Å². The van der Waals surface area contributed by atoms with Crippen LogP contribution in [0.3, 0.4) is 0 Å². The van der Waals surface area contributed by atoms with Crippen molar-refractivity contribution in [3.8, 4) is 0 Å². The molecule has 2 heterocycles. The second-order valence-electron chi connectivity index (χ2n) is 7.46. The van der Waals surface area contributed by atoms with Crippen molar-refractivity contribution < 1.29 is 4.79 Å². The first kappa shape index (κ1) is 22.5. The number of likely N-dealkylation sites (tertiary alicyclic amines) is 1. The highest BCUT2D eigenvalue weighted by Gasteiger charge is 2.26. The van der Waals surface area contributed by atoms with Gasteiger partial charge in [0.15, 0.2) is 0 Å². The monoisotopic (exact) mass is 421 g/mol. The maximum absolute atomic E-state index is 12.9. The number of hydrogen-bond donors (Lipinski definition) is 1. The van der Waals surface area contributed by atoms with E-state index in [1.54, 1.807) is 0 Å². The number of anilines is 1. The van der Waals surface area contributed by atoms with E-state index in [9.17, 15) is 4.79 Å². The van der Waals surface area contributed by atoms with Crippen molar-refractivity contribution in [2.75, 3.05) is 32.0 Å². The summed E-state index contributed by atoms with van der Waals surface area (Å²) < 4.78 is 0. The average Bonchev–Trinajstić information content (AvgIpc) is 3.16. The first-order chi connectivity index (χ1) is 12.7. The third-order valence-corrected chi connectivity index (χ3v) is 5.74. The molecule has 1 saturated heterocycles. The van der Waals surface area contributed by atoms with Gasteiger partial charge in [0, 0.05) is 50.5 Å². The van der Waals surface area contributed by atoms with E-state index in [0.29, 0.717) is 6.04 Å². The molecule has 2 aliphatic heterocycles. The molecule has 4 nitrogen and oxygen atoms in total. The van der Waals surface area contributed by atoms with E-state index >= 15 is 0 Å². The van der Waals surface area contributed by atoms with Crippen molar-refractivity contribution in [1.29, 1.82) is 0 Å². The van der Waals surface area contributed by atoms with Gasteiger partial charge in [-0.1, -0.05) is 30.3 Å². The van der Waals surface area contributed by atoms with Gasteiger partial charge in [0.25, 0.3) is 5.91 Å². The highest BCUT2D eigenvalue weighted by molar-refractivity contribution is 5.95. The van der Waals surface area contributed by atoms with Gasteiger partial charge in [0.2, 0.25) is 0 Å². The summed E-state index contributed by atoms with van der Waals surface area (Å²) >= 11 is 0. The molecule has 2 aliphatic rings. The maximum Gasteiger partial charge on any atom is 0.253 e. The number of halogens is 2. The first-order valence-electron chi connectivity index (χ1n) is 9.61. The topological polar surface area (TPSA) is 35.6 Å². The van der Waals surface area contributed by atoms with Crippen LogP contribution in [0, 0.1) is 0 Å². The van der Waals surface area contributed by atoms with Crippen LogP contribution < -0.4 is 5.32 Å². The van der Waals surface area contributed by atoms with Gasteiger partial charge in [-0.3, -0.25) is 9.69 Å². The van der Waals surface area contributed by atoms with Crippen molar-refractivity contribution in [2.45, 2.75) is 31.8 Å². The lowest BCUT2D eigenvalue weighted by Crippen LogP contribution is -2.45. The van der Waals surface area contributed by atoms with E-state index in [4.69, 9.17) is 0 Å². The summed E-state index contributed by atoms with van der Waals surface area (Å²) in [6.45, 7) is 4.07. The predicted octanol–water partition coefficient (Wildman–Crippen LogP) is 4.23. The highest BCUT2D eigenvalue weighted by Crippen LogP contribution is 2.25. The van der Waals surface area contributed by atoms with E-state index in [0.717, 1.165) is 51.0 Å². The summed E-state index contributed by atoms with van der Waals surface area (Å²) in [6, 6.07) is 17.0. The van der Waals surface area contributed by atoms with E-state index in [1.807, 2.05) is 24.1 Å². The molecule has 1 N–H and O–H groups in total. The van der Waals surface area contributed by atoms with Crippen LogP contribution in [0.15, 0.2) is 48.5 Å². The summed E-state index contributed by atoms with van der Waals surface area (Å²) in [6.07, 6.45) is 3.10. The van der Waals surface area contributed by atoms with Crippen molar-refractivity contribution in [2.24, 2.45) is 0 Å². The summed E-state index contributed by atoms with van der Waals surface area (Å²) in [5.74, 6) is 0.154. The highest BCUT2D eigenvalue weighted by atomic mass is 35.5. The Morgan fingerprint density at radius 2 is 1.82 bits per heavy atom. The molecule has 0 radical (unpaired) electrons. The fraction of sp³-hybridized carbons (Fsp3) is 0.409. The fourth-order valence-corrected chi connectivity index (χ4v) is 4.11. The molecule has 0 unspecified atom stereocenters. The normalized spacial score (nSPS) is 16.3. The zero-order chi connectivity index (χ0) is 17.9. The number of piperidine rings is 1. The van der Waals surface area contributed by atoms with Gasteiger partial charge in [0.1, 0.15) is 0 Å². The van der Waals surface area contributed by atoms with Gasteiger partial charge in [0.05, 0.1) is 0 Å². The van der Waals surface area contributed by atoms with Crippen molar-refractivity contribution in [1.82, 2.24) is 9.80 Å². The smallest absolute Gasteiger partial charge is 0.253 e. The van der Waals surface area contributed by atoms with Crippen LogP contribution in [-0.2, 0) is 13.0 Å². The molecule has 0 saturated carbocycles. The first-order valence-corrected chi connectivity index (χ1v) is 9.61. The molecule has 0 bridgehead atoms. The summed E-state index contributed by atoms with van der Waals surface area (Å²) in [4.78, 5) is 17.4. The lowest BCUT2D eigenvalue weighted by Gasteiger charge is -2.37. The number of nitrogens with one attached hydrogen (secondary N) is 1. The molecule has 28 heavy (non-hydrogen) atoms. The van der Waals surface area contributed by atoms with E-state index in [1.165, 1.54) is 16.8 Å². The van der Waals surface area contributed by atoms with Crippen LogP contribution in [0.5, 0.6) is 0 Å². The molecule has 2 aromatic carbocycles. The largest absolute Gasteiger partial charge is 0.384 e. The van der Waals surface area contributed by atoms with Gasteiger partial charge in [-0.2, -0.15) is 0 Å². The Morgan fingerprint density at radius 1 is 1.11 bits per heavy atom. The molecule has 1 fully saturated rings. The average molecular weight is 422 g/mol. The fourth-order valence-electron chi connectivity index (χ4n) is 4.11. The number of benzene rings is 2.